The Morgan fingerprint density at radius 3 is 2.48 bits per heavy atom. The van der Waals surface area contributed by atoms with Gasteiger partial charge in [0.05, 0.1) is 4.92 Å². The third kappa shape index (κ3) is 5.77. The topological polar surface area (TPSA) is 87.5 Å². The summed E-state index contributed by atoms with van der Waals surface area (Å²) < 4.78 is 0. The standard InChI is InChI=1S/C22H28N4O3/c1-16(2)23-22(27)18-8-9-20(21(14-18)26(28)29)24-19-10-12-25(13-11-19)15-17-6-4-3-5-7-17/h3-9,14,16,19,24H,10-13,15H2,1-2H3,(H,23,27). The molecule has 0 aliphatic carbocycles. The number of piperidine rings is 1. The summed E-state index contributed by atoms with van der Waals surface area (Å²) in [6.07, 6.45) is 1.83. The van der Waals surface area contributed by atoms with Gasteiger partial charge in [0.2, 0.25) is 0 Å². The highest BCUT2D eigenvalue weighted by Crippen LogP contribution is 2.28. The van der Waals surface area contributed by atoms with Crippen molar-refractivity contribution in [3.8, 4) is 0 Å². The first-order valence-corrected chi connectivity index (χ1v) is 10.0. The fraction of sp³-hybridized carbons (Fsp3) is 0.409. The minimum Gasteiger partial charge on any atom is -0.377 e. The van der Waals surface area contributed by atoms with Gasteiger partial charge in [-0.2, -0.15) is 0 Å². The van der Waals surface area contributed by atoms with E-state index >= 15 is 0 Å². The van der Waals surface area contributed by atoms with Crippen molar-refractivity contribution in [1.29, 1.82) is 0 Å². The largest absolute Gasteiger partial charge is 0.377 e. The fourth-order valence-electron chi connectivity index (χ4n) is 3.59. The molecule has 1 heterocycles. The molecule has 0 aromatic heterocycles. The normalized spacial score (nSPS) is 15.3. The van der Waals surface area contributed by atoms with Gasteiger partial charge in [0.15, 0.2) is 0 Å². The Morgan fingerprint density at radius 1 is 1.17 bits per heavy atom. The molecule has 3 rings (SSSR count). The maximum atomic E-state index is 12.2. The predicted octanol–water partition coefficient (Wildman–Crippen LogP) is 3.81. The summed E-state index contributed by atoms with van der Waals surface area (Å²) in [5, 5.41) is 17.6. The van der Waals surface area contributed by atoms with Gasteiger partial charge in [-0.15, -0.1) is 0 Å². The van der Waals surface area contributed by atoms with E-state index < -0.39 is 4.92 Å². The van der Waals surface area contributed by atoms with E-state index in [-0.39, 0.29) is 23.7 Å². The van der Waals surface area contributed by atoms with E-state index in [0.29, 0.717) is 11.3 Å². The summed E-state index contributed by atoms with van der Waals surface area (Å²) >= 11 is 0. The molecule has 7 heteroatoms. The van der Waals surface area contributed by atoms with E-state index in [9.17, 15) is 14.9 Å². The molecule has 1 saturated heterocycles. The van der Waals surface area contributed by atoms with Gasteiger partial charge in [-0.05, 0) is 44.4 Å². The molecule has 2 aromatic rings. The highest BCUT2D eigenvalue weighted by Gasteiger charge is 2.23. The molecule has 1 amide bonds. The van der Waals surface area contributed by atoms with Crippen LogP contribution < -0.4 is 10.6 Å². The average molecular weight is 396 g/mol. The quantitative estimate of drug-likeness (QED) is 0.549. The lowest BCUT2D eigenvalue weighted by Crippen LogP contribution is -2.38. The number of rotatable bonds is 7. The smallest absolute Gasteiger partial charge is 0.293 e. The predicted molar refractivity (Wildman–Crippen MR) is 114 cm³/mol. The first kappa shape index (κ1) is 20.8. The number of hydrogen-bond acceptors (Lipinski definition) is 5. The summed E-state index contributed by atoms with van der Waals surface area (Å²) in [7, 11) is 0. The van der Waals surface area contributed by atoms with Crippen LogP contribution in [0.15, 0.2) is 48.5 Å². The van der Waals surface area contributed by atoms with Crippen molar-refractivity contribution < 1.29 is 9.72 Å². The second kappa shape index (κ2) is 9.52. The van der Waals surface area contributed by atoms with Gasteiger partial charge in [0.1, 0.15) is 5.69 Å². The van der Waals surface area contributed by atoms with Gasteiger partial charge >= 0.3 is 0 Å². The van der Waals surface area contributed by atoms with Crippen molar-refractivity contribution in [2.24, 2.45) is 0 Å². The number of hydrogen-bond donors (Lipinski definition) is 2. The van der Waals surface area contributed by atoms with Crippen LogP contribution >= 0.6 is 0 Å². The van der Waals surface area contributed by atoms with Gasteiger partial charge in [0.25, 0.3) is 11.6 Å². The first-order valence-electron chi connectivity index (χ1n) is 10.0. The number of nitro groups is 1. The minimum atomic E-state index is -0.432. The Kier molecular flexibility index (Phi) is 6.82. The van der Waals surface area contributed by atoms with Crippen LogP contribution in [-0.4, -0.2) is 40.9 Å². The highest BCUT2D eigenvalue weighted by molar-refractivity contribution is 5.95. The third-order valence-electron chi connectivity index (χ3n) is 5.07. The van der Waals surface area contributed by atoms with Crippen molar-refractivity contribution in [3.63, 3.8) is 0 Å². The van der Waals surface area contributed by atoms with E-state index in [0.717, 1.165) is 32.5 Å². The summed E-state index contributed by atoms with van der Waals surface area (Å²) in [5.41, 5.74) is 2.00. The van der Waals surface area contributed by atoms with Crippen molar-refractivity contribution >= 4 is 17.3 Å². The lowest BCUT2D eigenvalue weighted by Gasteiger charge is -2.32. The number of likely N-dealkylation sites (tertiary alicyclic amines) is 1. The maximum absolute atomic E-state index is 12.2. The van der Waals surface area contributed by atoms with Crippen LogP contribution in [0.25, 0.3) is 0 Å². The van der Waals surface area contributed by atoms with Crippen molar-refractivity contribution in [3.05, 3.63) is 69.8 Å². The van der Waals surface area contributed by atoms with Crippen LogP contribution in [0.4, 0.5) is 11.4 Å². The first-order chi connectivity index (χ1) is 13.9. The summed E-state index contributed by atoms with van der Waals surface area (Å²) in [4.78, 5) is 25.7. The Balaban J connectivity index is 1.61. The molecule has 7 nitrogen and oxygen atoms in total. The Morgan fingerprint density at radius 2 is 1.86 bits per heavy atom. The second-order valence-electron chi connectivity index (χ2n) is 7.80. The summed E-state index contributed by atoms with van der Waals surface area (Å²) in [6.45, 7) is 6.51. The van der Waals surface area contributed by atoms with Gasteiger partial charge in [-0.25, -0.2) is 0 Å². The summed E-state index contributed by atoms with van der Waals surface area (Å²) in [5.74, 6) is -0.302. The SMILES string of the molecule is CC(C)NC(=O)c1ccc(NC2CCN(Cc3ccccc3)CC2)c([N+](=O)[O-])c1. The Bertz CT molecular complexity index is 846. The highest BCUT2D eigenvalue weighted by atomic mass is 16.6. The lowest BCUT2D eigenvalue weighted by molar-refractivity contribution is -0.384. The molecule has 1 fully saturated rings. The molecule has 0 radical (unpaired) electrons. The van der Waals surface area contributed by atoms with Crippen LogP contribution in [0.5, 0.6) is 0 Å². The number of benzene rings is 2. The van der Waals surface area contributed by atoms with Crippen molar-refractivity contribution in [2.75, 3.05) is 18.4 Å². The molecule has 0 unspecified atom stereocenters. The molecular formula is C22H28N4O3. The zero-order chi connectivity index (χ0) is 20.8. The molecule has 2 N–H and O–H groups in total. The van der Waals surface area contributed by atoms with Crippen LogP contribution in [-0.2, 0) is 6.54 Å². The molecule has 1 aliphatic heterocycles. The number of anilines is 1. The molecule has 0 spiro atoms. The van der Waals surface area contributed by atoms with E-state index in [4.69, 9.17) is 0 Å². The number of nitro benzene ring substituents is 1. The van der Waals surface area contributed by atoms with Gasteiger partial charge in [0, 0.05) is 43.3 Å². The third-order valence-corrected chi connectivity index (χ3v) is 5.07. The number of carbonyl (C=O) groups is 1. The van der Waals surface area contributed by atoms with Crippen LogP contribution in [0.1, 0.15) is 42.6 Å². The van der Waals surface area contributed by atoms with Crippen molar-refractivity contribution in [2.45, 2.75) is 45.3 Å². The fourth-order valence-corrected chi connectivity index (χ4v) is 3.59. The van der Waals surface area contributed by atoms with E-state index in [2.05, 4.69) is 27.7 Å². The molecule has 0 atom stereocenters. The van der Waals surface area contributed by atoms with E-state index in [1.54, 1.807) is 12.1 Å². The molecule has 0 saturated carbocycles. The van der Waals surface area contributed by atoms with Crippen LogP contribution in [0.3, 0.4) is 0 Å². The van der Waals surface area contributed by atoms with Crippen LogP contribution in [0.2, 0.25) is 0 Å². The maximum Gasteiger partial charge on any atom is 0.293 e. The monoisotopic (exact) mass is 396 g/mol. The molecule has 2 aromatic carbocycles. The zero-order valence-corrected chi connectivity index (χ0v) is 16.9. The Hall–Kier alpha value is -2.93. The molecule has 0 bridgehead atoms. The number of carbonyl (C=O) groups excluding carboxylic acids is 1. The van der Waals surface area contributed by atoms with Crippen molar-refractivity contribution in [1.82, 2.24) is 10.2 Å². The Labute approximate surface area is 171 Å². The van der Waals surface area contributed by atoms with Crippen LogP contribution in [0, 0.1) is 10.1 Å². The zero-order valence-electron chi connectivity index (χ0n) is 16.9. The molecule has 1 aliphatic rings. The van der Waals surface area contributed by atoms with Gasteiger partial charge in [-0.1, -0.05) is 30.3 Å². The molecule has 154 valence electrons. The second-order valence-corrected chi connectivity index (χ2v) is 7.80. The van der Waals surface area contributed by atoms with Gasteiger partial charge in [-0.3, -0.25) is 19.8 Å². The average Bonchev–Trinajstić information content (AvgIpc) is 2.70. The molecule has 29 heavy (non-hydrogen) atoms. The summed E-state index contributed by atoms with van der Waals surface area (Å²) in [6, 6.07) is 15.2. The van der Waals surface area contributed by atoms with E-state index in [1.165, 1.54) is 11.6 Å². The lowest BCUT2D eigenvalue weighted by atomic mass is 10.0. The number of nitrogens with zero attached hydrogens (tertiary/aromatic N) is 2. The molecular weight excluding hydrogens is 368 g/mol. The number of nitrogens with one attached hydrogen (secondary N) is 2. The number of amides is 1. The van der Waals surface area contributed by atoms with Gasteiger partial charge < -0.3 is 10.6 Å². The van der Waals surface area contributed by atoms with E-state index in [1.807, 2.05) is 32.0 Å². The minimum absolute atomic E-state index is 0.0274.